The number of aromatic amines is 1. The number of benzene rings is 1. The van der Waals surface area contributed by atoms with Crippen LogP contribution >= 0.6 is 11.3 Å². The molecule has 0 aliphatic carbocycles. The summed E-state index contributed by atoms with van der Waals surface area (Å²) in [6.45, 7) is 0. The van der Waals surface area contributed by atoms with Gasteiger partial charge in [0.25, 0.3) is 5.91 Å². The topological polar surface area (TPSA) is 130 Å². The van der Waals surface area contributed by atoms with Crippen LogP contribution in [0.1, 0.15) is 10.5 Å². The van der Waals surface area contributed by atoms with Gasteiger partial charge in [0, 0.05) is 28.7 Å². The lowest BCUT2D eigenvalue weighted by Gasteiger charge is -2.10. The number of thiazole rings is 1. The Morgan fingerprint density at radius 2 is 2.00 bits per heavy atom. The van der Waals surface area contributed by atoms with Gasteiger partial charge in [-0.1, -0.05) is 0 Å². The van der Waals surface area contributed by atoms with E-state index < -0.39 is 10.0 Å². The highest BCUT2D eigenvalue weighted by Gasteiger charge is 2.16. The fraction of sp³-hybridized carbons (Fsp3) is 0.0588. The van der Waals surface area contributed by atoms with Crippen LogP contribution in [-0.2, 0) is 10.0 Å². The Morgan fingerprint density at radius 1 is 1.14 bits per heavy atom. The second-order valence-corrected chi connectivity index (χ2v) is 8.40. The number of carbonyl (C=O) groups is 1. The molecule has 0 radical (unpaired) electrons. The van der Waals surface area contributed by atoms with Crippen LogP contribution in [0.3, 0.4) is 0 Å². The van der Waals surface area contributed by atoms with Gasteiger partial charge >= 0.3 is 0 Å². The number of H-pyrrole nitrogens is 1. The minimum absolute atomic E-state index is 0.0465. The third-order valence-electron chi connectivity index (χ3n) is 4.10. The molecule has 142 valence electrons. The van der Waals surface area contributed by atoms with Crippen molar-refractivity contribution in [1.82, 2.24) is 24.9 Å². The summed E-state index contributed by atoms with van der Waals surface area (Å²) >= 11 is 1.33. The maximum atomic E-state index is 12.4. The fourth-order valence-corrected chi connectivity index (χ4v) is 3.92. The van der Waals surface area contributed by atoms with E-state index in [0.29, 0.717) is 28.0 Å². The van der Waals surface area contributed by atoms with Crippen molar-refractivity contribution in [3.8, 4) is 11.1 Å². The number of anilines is 1. The molecule has 0 unspecified atom stereocenters. The van der Waals surface area contributed by atoms with Gasteiger partial charge in [0.15, 0.2) is 0 Å². The van der Waals surface area contributed by atoms with E-state index in [1.54, 1.807) is 29.4 Å². The van der Waals surface area contributed by atoms with E-state index in [4.69, 9.17) is 0 Å². The third kappa shape index (κ3) is 3.38. The monoisotopic (exact) mass is 414 g/mol. The quantitative estimate of drug-likeness (QED) is 0.459. The molecule has 0 fully saturated rings. The lowest BCUT2D eigenvalue weighted by atomic mass is 10.0. The van der Waals surface area contributed by atoms with Crippen LogP contribution in [0.4, 0.5) is 5.69 Å². The van der Waals surface area contributed by atoms with Crippen LogP contribution in [-0.4, -0.2) is 41.5 Å². The Kier molecular flexibility index (Phi) is 4.63. The molecule has 4 rings (SSSR count). The predicted octanol–water partition coefficient (Wildman–Crippen LogP) is 2.24. The molecule has 0 bridgehead atoms. The first-order chi connectivity index (χ1) is 13.5. The molecule has 0 aliphatic rings. The molecule has 1 amide bonds. The van der Waals surface area contributed by atoms with E-state index in [0.717, 1.165) is 5.39 Å². The molecule has 9 nitrogen and oxygen atoms in total. The molecule has 1 aromatic carbocycles. The smallest absolute Gasteiger partial charge is 0.275 e. The molecule has 0 saturated heterocycles. The molecule has 3 heterocycles. The minimum atomic E-state index is -3.63. The van der Waals surface area contributed by atoms with Crippen molar-refractivity contribution in [2.75, 3.05) is 12.4 Å². The standard InChI is InChI=1S/C17H14N6O3S2/c1-18-28(25,26)12-2-11(5-19-6-12)10-3-14(13-7-21-23-15(13)4-10)22-17(24)16-8-27-9-20-16/h2-9,18H,1H3,(H,21,23)(H,22,24). The SMILES string of the molecule is CNS(=O)(=O)c1cncc(-c2cc(NC(=O)c3cscn3)c3cn[nH]c3c2)c1. The number of carbonyl (C=O) groups excluding carboxylic acids is 1. The summed E-state index contributed by atoms with van der Waals surface area (Å²) in [6, 6.07) is 5.07. The van der Waals surface area contributed by atoms with Gasteiger partial charge in [-0.2, -0.15) is 5.10 Å². The zero-order valence-electron chi connectivity index (χ0n) is 14.5. The first-order valence-corrected chi connectivity index (χ1v) is 10.5. The zero-order chi connectivity index (χ0) is 19.7. The summed E-state index contributed by atoms with van der Waals surface area (Å²) in [4.78, 5) is 20.5. The van der Waals surface area contributed by atoms with Crippen molar-refractivity contribution < 1.29 is 13.2 Å². The lowest BCUT2D eigenvalue weighted by Crippen LogP contribution is -2.18. The summed E-state index contributed by atoms with van der Waals surface area (Å²) in [7, 11) is -2.29. The highest BCUT2D eigenvalue weighted by atomic mass is 32.2. The fourth-order valence-electron chi connectivity index (χ4n) is 2.67. The molecule has 3 aromatic heterocycles. The number of nitrogens with one attached hydrogen (secondary N) is 3. The molecular weight excluding hydrogens is 400 g/mol. The maximum Gasteiger partial charge on any atom is 0.275 e. The van der Waals surface area contributed by atoms with Crippen LogP contribution in [0.2, 0.25) is 0 Å². The molecule has 0 spiro atoms. The van der Waals surface area contributed by atoms with Crippen molar-refractivity contribution in [1.29, 1.82) is 0 Å². The largest absolute Gasteiger partial charge is 0.320 e. The number of rotatable bonds is 5. The van der Waals surface area contributed by atoms with E-state index in [-0.39, 0.29) is 10.8 Å². The van der Waals surface area contributed by atoms with E-state index in [9.17, 15) is 13.2 Å². The van der Waals surface area contributed by atoms with Crippen LogP contribution in [0.15, 0.2) is 52.6 Å². The average molecular weight is 414 g/mol. The molecule has 0 atom stereocenters. The molecule has 28 heavy (non-hydrogen) atoms. The summed E-state index contributed by atoms with van der Waals surface area (Å²) < 4.78 is 26.4. The van der Waals surface area contributed by atoms with Crippen molar-refractivity contribution in [2.24, 2.45) is 0 Å². The Bertz CT molecular complexity index is 1270. The Labute approximate surface area is 163 Å². The second-order valence-electron chi connectivity index (χ2n) is 5.80. The summed E-state index contributed by atoms with van der Waals surface area (Å²) in [5.41, 5.74) is 4.37. The number of sulfonamides is 1. The van der Waals surface area contributed by atoms with E-state index in [2.05, 4.69) is 30.2 Å². The Balaban J connectivity index is 1.79. The van der Waals surface area contributed by atoms with Gasteiger partial charge in [-0.05, 0) is 30.8 Å². The van der Waals surface area contributed by atoms with Crippen LogP contribution in [0.25, 0.3) is 22.0 Å². The Hall–Kier alpha value is -3.15. The van der Waals surface area contributed by atoms with Gasteiger partial charge < -0.3 is 5.32 Å². The maximum absolute atomic E-state index is 12.4. The average Bonchev–Trinajstić information content (AvgIpc) is 3.40. The molecule has 0 aliphatic heterocycles. The first kappa shape index (κ1) is 18.2. The summed E-state index contributed by atoms with van der Waals surface area (Å²) in [5, 5.41) is 12.1. The van der Waals surface area contributed by atoms with Crippen LogP contribution in [0.5, 0.6) is 0 Å². The van der Waals surface area contributed by atoms with Crippen molar-refractivity contribution in [2.45, 2.75) is 4.90 Å². The van der Waals surface area contributed by atoms with E-state index in [1.807, 2.05) is 6.07 Å². The first-order valence-electron chi connectivity index (χ1n) is 8.03. The zero-order valence-corrected chi connectivity index (χ0v) is 16.1. The number of aromatic nitrogens is 4. The molecule has 4 aromatic rings. The van der Waals surface area contributed by atoms with Crippen molar-refractivity contribution >= 4 is 43.9 Å². The minimum Gasteiger partial charge on any atom is -0.320 e. The number of hydrogen-bond acceptors (Lipinski definition) is 7. The third-order valence-corrected chi connectivity index (χ3v) is 6.07. The number of pyridine rings is 1. The molecular formula is C17H14N6O3S2. The highest BCUT2D eigenvalue weighted by Crippen LogP contribution is 2.31. The number of hydrogen-bond donors (Lipinski definition) is 3. The van der Waals surface area contributed by atoms with Gasteiger partial charge in [0.1, 0.15) is 10.6 Å². The normalized spacial score (nSPS) is 11.6. The van der Waals surface area contributed by atoms with Gasteiger partial charge in [0.2, 0.25) is 10.0 Å². The van der Waals surface area contributed by atoms with Gasteiger partial charge in [0.05, 0.1) is 22.9 Å². The molecule has 0 saturated carbocycles. The van der Waals surface area contributed by atoms with Crippen LogP contribution < -0.4 is 10.0 Å². The lowest BCUT2D eigenvalue weighted by molar-refractivity contribution is 0.102. The second kappa shape index (κ2) is 7.11. The number of fused-ring (bicyclic) bond motifs is 1. The predicted molar refractivity (Wildman–Crippen MR) is 106 cm³/mol. The van der Waals surface area contributed by atoms with E-state index in [1.165, 1.54) is 30.6 Å². The summed E-state index contributed by atoms with van der Waals surface area (Å²) in [5.74, 6) is -0.342. The summed E-state index contributed by atoms with van der Waals surface area (Å²) in [6.07, 6.45) is 4.43. The molecule has 11 heteroatoms. The van der Waals surface area contributed by atoms with Gasteiger partial charge in [-0.3, -0.25) is 14.9 Å². The number of nitrogens with zero attached hydrogens (tertiary/aromatic N) is 3. The van der Waals surface area contributed by atoms with Gasteiger partial charge in [-0.25, -0.2) is 18.1 Å². The number of amides is 1. The highest BCUT2D eigenvalue weighted by molar-refractivity contribution is 7.89. The van der Waals surface area contributed by atoms with Crippen molar-refractivity contribution in [3.05, 3.63) is 53.4 Å². The van der Waals surface area contributed by atoms with Crippen molar-refractivity contribution in [3.63, 3.8) is 0 Å². The van der Waals surface area contributed by atoms with Crippen LogP contribution in [0, 0.1) is 0 Å². The van der Waals surface area contributed by atoms with E-state index >= 15 is 0 Å². The Morgan fingerprint density at radius 3 is 2.75 bits per heavy atom. The van der Waals surface area contributed by atoms with Gasteiger partial charge in [-0.15, -0.1) is 11.3 Å². The molecule has 3 N–H and O–H groups in total.